The van der Waals surface area contributed by atoms with Crippen LogP contribution in [-0.4, -0.2) is 30.4 Å². The van der Waals surface area contributed by atoms with E-state index in [-0.39, 0.29) is 11.5 Å². The summed E-state index contributed by atoms with van der Waals surface area (Å²) in [6.45, 7) is 5.47. The van der Waals surface area contributed by atoms with Gasteiger partial charge in [0.1, 0.15) is 0 Å². The highest BCUT2D eigenvalue weighted by Gasteiger charge is 2.22. The number of aromatic nitrogens is 2. The Morgan fingerprint density at radius 3 is 2.19 bits per heavy atom. The van der Waals surface area contributed by atoms with Crippen LogP contribution in [0.25, 0.3) is 0 Å². The van der Waals surface area contributed by atoms with Crippen LogP contribution >= 0.6 is 0 Å². The smallest absolute Gasteiger partial charge is 0.325 e. The van der Waals surface area contributed by atoms with Gasteiger partial charge in [-0.3, -0.25) is 5.32 Å². The molecule has 0 aliphatic rings. The van der Waals surface area contributed by atoms with Gasteiger partial charge in [0.15, 0.2) is 0 Å². The maximum Gasteiger partial charge on any atom is 0.413 e. The van der Waals surface area contributed by atoms with Gasteiger partial charge in [0.05, 0.1) is 5.56 Å². The van der Waals surface area contributed by atoms with Crippen LogP contribution in [0.2, 0.25) is 0 Å². The van der Waals surface area contributed by atoms with E-state index in [2.05, 4.69) is 19.5 Å². The van der Waals surface area contributed by atoms with Gasteiger partial charge in [-0.05, 0) is 38.0 Å². The number of carbonyl (C=O) groups excluding carboxylic acids is 2. The predicted molar refractivity (Wildman–Crippen MR) is 93.8 cm³/mol. The molecule has 26 heavy (non-hydrogen) atoms. The monoisotopic (exact) mass is 378 g/mol. The van der Waals surface area contributed by atoms with Crippen molar-refractivity contribution in [2.75, 3.05) is 5.32 Å². The zero-order chi connectivity index (χ0) is 19.3. The van der Waals surface area contributed by atoms with Gasteiger partial charge < -0.3 is 4.18 Å². The quantitative estimate of drug-likeness (QED) is 0.813. The van der Waals surface area contributed by atoms with Crippen LogP contribution < -0.4 is 10.0 Å². The van der Waals surface area contributed by atoms with Crippen LogP contribution in [0.3, 0.4) is 0 Å². The van der Waals surface area contributed by atoms with Gasteiger partial charge in [0.2, 0.25) is 5.95 Å². The number of aryl methyl sites for hydroxylation is 2. The first-order valence-electron chi connectivity index (χ1n) is 7.68. The number of carbonyl (C=O) groups is 2. The molecular weight excluding hydrogens is 360 g/mol. The molecule has 0 saturated heterocycles. The van der Waals surface area contributed by atoms with Crippen LogP contribution in [-0.2, 0) is 20.9 Å². The number of hydrogen-bond donors (Lipinski definition) is 2. The Kier molecular flexibility index (Phi) is 5.88. The summed E-state index contributed by atoms with van der Waals surface area (Å²) in [5.74, 6) is -1.17. The summed E-state index contributed by atoms with van der Waals surface area (Å²) < 4.78 is 29.5. The topological polar surface area (TPSA) is 127 Å². The molecule has 1 aromatic carbocycles. The summed E-state index contributed by atoms with van der Waals surface area (Å²) in [4.78, 5) is 31.8. The predicted octanol–water partition coefficient (Wildman–Crippen LogP) is 1.88. The second-order valence-corrected chi connectivity index (χ2v) is 6.58. The van der Waals surface area contributed by atoms with Crippen molar-refractivity contribution in [1.82, 2.24) is 14.7 Å². The fraction of sp³-hybridized carbons (Fsp3) is 0.250. The highest BCUT2D eigenvalue weighted by atomic mass is 32.2. The largest absolute Gasteiger partial charge is 0.413 e. The summed E-state index contributed by atoms with van der Waals surface area (Å²) in [7, 11) is -4.65. The third-order valence-corrected chi connectivity index (χ3v) is 4.22. The van der Waals surface area contributed by atoms with E-state index in [9.17, 15) is 18.0 Å². The summed E-state index contributed by atoms with van der Waals surface area (Å²) in [5, 5.41) is 2.20. The van der Waals surface area contributed by atoms with Gasteiger partial charge >= 0.3 is 22.3 Å². The first-order valence-corrected chi connectivity index (χ1v) is 9.09. The van der Waals surface area contributed by atoms with Gasteiger partial charge in [-0.25, -0.2) is 24.3 Å². The van der Waals surface area contributed by atoms with E-state index in [0.29, 0.717) is 11.4 Å². The van der Waals surface area contributed by atoms with Gasteiger partial charge in [0.25, 0.3) is 0 Å². The molecule has 10 heteroatoms. The first kappa shape index (κ1) is 19.3. The molecule has 0 spiro atoms. The first-order chi connectivity index (χ1) is 12.2. The molecule has 2 aromatic rings. The normalized spacial score (nSPS) is 10.9. The zero-order valence-electron chi connectivity index (χ0n) is 14.4. The average Bonchev–Trinajstić information content (AvgIpc) is 2.54. The molecule has 1 aromatic heterocycles. The van der Waals surface area contributed by atoms with Crippen molar-refractivity contribution >= 4 is 28.3 Å². The Hall–Kier alpha value is -3.01. The number of anilines is 1. The molecule has 2 amide bonds. The molecule has 0 bridgehead atoms. The standard InChI is InChI=1S/C16H18N4O5S/c1-4-13-10(2)17-15(18-11(13)3)19-16(22)20-26(23,24)25-14(21)12-8-6-5-7-9-12/h5-9H,4H2,1-3H3,(H2,17,18,19,20,22). The Morgan fingerprint density at radius 2 is 1.65 bits per heavy atom. The minimum absolute atomic E-state index is 0.0306. The van der Waals surface area contributed by atoms with Gasteiger partial charge in [-0.2, -0.15) is 8.42 Å². The summed E-state index contributed by atoms with van der Waals surface area (Å²) in [6, 6.07) is 6.37. The molecule has 2 N–H and O–H groups in total. The fourth-order valence-corrected chi connectivity index (χ4v) is 2.91. The highest BCUT2D eigenvalue weighted by molar-refractivity contribution is 7.85. The van der Waals surface area contributed by atoms with Crippen LogP contribution in [0.1, 0.15) is 34.2 Å². The second-order valence-electron chi connectivity index (χ2n) is 5.30. The number of nitrogens with one attached hydrogen (secondary N) is 2. The van der Waals surface area contributed by atoms with Crippen molar-refractivity contribution < 1.29 is 22.2 Å². The number of benzene rings is 1. The van der Waals surface area contributed by atoms with Gasteiger partial charge in [-0.15, -0.1) is 0 Å². The third-order valence-electron chi connectivity index (χ3n) is 3.41. The summed E-state index contributed by atoms with van der Waals surface area (Å²) >= 11 is 0. The fourth-order valence-electron chi connectivity index (χ4n) is 2.29. The van der Waals surface area contributed by atoms with E-state index < -0.39 is 22.3 Å². The molecule has 2 rings (SSSR count). The van der Waals surface area contributed by atoms with Gasteiger partial charge in [0, 0.05) is 11.4 Å². The Balaban J connectivity index is 2.03. The molecule has 0 aliphatic carbocycles. The lowest BCUT2D eigenvalue weighted by Gasteiger charge is -2.11. The van der Waals surface area contributed by atoms with E-state index >= 15 is 0 Å². The second kappa shape index (κ2) is 7.91. The number of nitrogens with zero attached hydrogens (tertiary/aromatic N) is 2. The van der Waals surface area contributed by atoms with Crippen molar-refractivity contribution in [3.05, 3.63) is 52.8 Å². The van der Waals surface area contributed by atoms with Crippen molar-refractivity contribution in [3.63, 3.8) is 0 Å². The third kappa shape index (κ3) is 4.99. The van der Waals surface area contributed by atoms with E-state index in [1.807, 2.05) is 6.92 Å². The molecule has 0 fully saturated rings. The lowest BCUT2D eigenvalue weighted by molar-refractivity contribution is 0.0745. The zero-order valence-corrected chi connectivity index (χ0v) is 15.3. The maximum atomic E-state index is 11.9. The summed E-state index contributed by atoms with van der Waals surface area (Å²) in [5.41, 5.74) is 2.32. The summed E-state index contributed by atoms with van der Waals surface area (Å²) in [6.07, 6.45) is 0.730. The van der Waals surface area contributed by atoms with Crippen LogP contribution in [0, 0.1) is 13.8 Å². The van der Waals surface area contributed by atoms with E-state index in [4.69, 9.17) is 0 Å². The number of hydrogen-bond acceptors (Lipinski definition) is 7. The van der Waals surface area contributed by atoms with E-state index in [0.717, 1.165) is 12.0 Å². The van der Waals surface area contributed by atoms with Crippen molar-refractivity contribution in [2.24, 2.45) is 0 Å². The molecule has 0 saturated carbocycles. The Labute approximate surface area is 151 Å². The number of urea groups is 1. The molecule has 0 aliphatic heterocycles. The Bertz CT molecular complexity index is 906. The minimum Gasteiger partial charge on any atom is -0.325 e. The molecular formula is C16H18N4O5S. The Morgan fingerprint density at radius 1 is 1.08 bits per heavy atom. The molecule has 138 valence electrons. The van der Waals surface area contributed by atoms with E-state index in [1.54, 1.807) is 36.8 Å². The molecule has 0 unspecified atom stereocenters. The van der Waals surface area contributed by atoms with Crippen molar-refractivity contribution in [2.45, 2.75) is 27.2 Å². The van der Waals surface area contributed by atoms with Gasteiger partial charge in [-0.1, -0.05) is 25.1 Å². The number of amides is 2. The molecule has 0 radical (unpaired) electrons. The molecule has 1 heterocycles. The van der Waals surface area contributed by atoms with Crippen LogP contribution in [0.15, 0.2) is 30.3 Å². The molecule has 9 nitrogen and oxygen atoms in total. The number of rotatable bonds is 5. The van der Waals surface area contributed by atoms with E-state index in [1.165, 1.54) is 12.1 Å². The van der Waals surface area contributed by atoms with Crippen molar-refractivity contribution in [1.29, 1.82) is 0 Å². The van der Waals surface area contributed by atoms with Crippen LogP contribution in [0.4, 0.5) is 10.7 Å². The molecule has 0 atom stereocenters. The average molecular weight is 378 g/mol. The van der Waals surface area contributed by atoms with Crippen LogP contribution in [0.5, 0.6) is 0 Å². The SMILES string of the molecule is CCc1c(C)nc(NC(=O)NS(=O)(=O)OC(=O)c2ccccc2)nc1C. The maximum absolute atomic E-state index is 11.9. The minimum atomic E-state index is -4.65. The lowest BCUT2D eigenvalue weighted by atomic mass is 10.1. The lowest BCUT2D eigenvalue weighted by Crippen LogP contribution is -2.37. The highest BCUT2D eigenvalue weighted by Crippen LogP contribution is 2.13. The van der Waals surface area contributed by atoms with Crippen molar-refractivity contribution in [3.8, 4) is 0 Å².